The standard InChI is InChI=1S/C21H26F4N6O3/c1-12-10-16(26-8-9-31(5)19(33)34-20(2,3)4)29-17(27-12)30-18(32)28-13-6-7-15(22)14(11-13)21(23,24)25/h6-7,10-11H,8-9H2,1-5H3,(H3,26,27,28,29,30,32). The lowest BCUT2D eigenvalue weighted by Crippen LogP contribution is -2.36. The van der Waals surface area contributed by atoms with Crippen LogP contribution in [0.3, 0.4) is 0 Å². The van der Waals surface area contributed by atoms with E-state index in [0.29, 0.717) is 36.7 Å². The zero-order valence-electron chi connectivity index (χ0n) is 19.3. The van der Waals surface area contributed by atoms with Crippen molar-refractivity contribution >= 4 is 29.6 Å². The summed E-state index contributed by atoms with van der Waals surface area (Å²) in [6.45, 7) is 7.54. The fourth-order valence-corrected chi connectivity index (χ4v) is 2.58. The minimum atomic E-state index is -4.91. The van der Waals surface area contributed by atoms with Gasteiger partial charge < -0.3 is 20.3 Å². The Labute approximate surface area is 193 Å². The van der Waals surface area contributed by atoms with Crippen LogP contribution >= 0.6 is 0 Å². The number of aromatic nitrogens is 2. The van der Waals surface area contributed by atoms with Crippen LogP contribution in [0.15, 0.2) is 24.3 Å². The molecule has 2 aromatic rings. The molecule has 0 saturated heterocycles. The van der Waals surface area contributed by atoms with Gasteiger partial charge in [-0.3, -0.25) is 5.32 Å². The Morgan fingerprint density at radius 3 is 2.38 bits per heavy atom. The number of hydrogen-bond acceptors (Lipinski definition) is 6. The molecule has 0 unspecified atom stereocenters. The summed E-state index contributed by atoms with van der Waals surface area (Å²) >= 11 is 0. The molecule has 0 radical (unpaired) electrons. The predicted octanol–water partition coefficient (Wildman–Crippen LogP) is 4.87. The summed E-state index contributed by atoms with van der Waals surface area (Å²) in [5.41, 5.74) is -1.89. The second-order valence-electron chi connectivity index (χ2n) is 8.32. The van der Waals surface area contributed by atoms with Crippen molar-refractivity contribution in [1.82, 2.24) is 14.9 Å². The third-order valence-electron chi connectivity index (χ3n) is 4.07. The van der Waals surface area contributed by atoms with Gasteiger partial charge in [-0.25, -0.2) is 19.0 Å². The number of nitrogens with one attached hydrogen (secondary N) is 3. The van der Waals surface area contributed by atoms with Crippen LogP contribution in [0.4, 0.5) is 44.6 Å². The lowest BCUT2D eigenvalue weighted by atomic mass is 10.2. The van der Waals surface area contributed by atoms with Crippen molar-refractivity contribution in [1.29, 1.82) is 0 Å². The van der Waals surface area contributed by atoms with Gasteiger partial charge in [0.05, 0.1) is 5.56 Å². The Balaban J connectivity index is 1.97. The van der Waals surface area contributed by atoms with E-state index >= 15 is 0 Å². The first-order valence-electron chi connectivity index (χ1n) is 10.1. The fourth-order valence-electron chi connectivity index (χ4n) is 2.58. The van der Waals surface area contributed by atoms with Crippen LogP contribution in [0.2, 0.25) is 0 Å². The Kier molecular flexibility index (Phi) is 8.24. The van der Waals surface area contributed by atoms with Crippen LogP contribution in [-0.2, 0) is 10.9 Å². The van der Waals surface area contributed by atoms with E-state index in [1.165, 1.54) is 4.90 Å². The summed E-state index contributed by atoms with van der Waals surface area (Å²) in [6.07, 6.45) is -5.39. The zero-order chi connectivity index (χ0) is 25.7. The highest BCUT2D eigenvalue weighted by Gasteiger charge is 2.34. The van der Waals surface area contributed by atoms with E-state index in [0.717, 1.165) is 6.07 Å². The molecule has 0 saturated carbocycles. The van der Waals surface area contributed by atoms with E-state index in [-0.39, 0.29) is 11.6 Å². The molecule has 0 aliphatic rings. The maximum Gasteiger partial charge on any atom is 0.419 e. The van der Waals surface area contributed by atoms with Gasteiger partial charge in [0.15, 0.2) is 0 Å². The number of alkyl halides is 3. The van der Waals surface area contributed by atoms with Gasteiger partial charge in [0.1, 0.15) is 17.2 Å². The third-order valence-corrected chi connectivity index (χ3v) is 4.07. The van der Waals surface area contributed by atoms with Crippen LogP contribution < -0.4 is 16.0 Å². The minimum absolute atomic E-state index is 0.112. The highest BCUT2D eigenvalue weighted by atomic mass is 19.4. The van der Waals surface area contributed by atoms with E-state index < -0.39 is 35.3 Å². The van der Waals surface area contributed by atoms with Gasteiger partial charge in [-0.15, -0.1) is 0 Å². The maximum atomic E-state index is 13.4. The summed E-state index contributed by atoms with van der Waals surface area (Å²) in [5, 5.41) is 7.49. The SMILES string of the molecule is Cc1cc(NCCN(C)C(=O)OC(C)(C)C)nc(NC(=O)Nc2ccc(F)c(C(F)(F)F)c2)n1. The minimum Gasteiger partial charge on any atom is -0.444 e. The molecule has 2 rings (SSSR count). The van der Waals surface area contributed by atoms with E-state index in [4.69, 9.17) is 4.74 Å². The van der Waals surface area contributed by atoms with Crippen LogP contribution in [0.5, 0.6) is 0 Å². The smallest absolute Gasteiger partial charge is 0.419 e. The molecule has 3 N–H and O–H groups in total. The number of likely N-dealkylation sites (N-methyl/N-ethyl adjacent to an activating group) is 1. The summed E-state index contributed by atoms with van der Waals surface area (Å²) in [4.78, 5) is 33.7. The van der Waals surface area contributed by atoms with Gasteiger partial charge in [-0.05, 0) is 45.9 Å². The lowest BCUT2D eigenvalue weighted by molar-refractivity contribution is -0.139. The molecular formula is C21H26F4N6O3. The molecule has 1 aromatic heterocycles. The van der Waals surface area contributed by atoms with Crippen molar-refractivity contribution in [2.24, 2.45) is 0 Å². The molecule has 34 heavy (non-hydrogen) atoms. The van der Waals surface area contributed by atoms with Gasteiger partial charge in [0.2, 0.25) is 5.95 Å². The van der Waals surface area contributed by atoms with E-state index in [1.54, 1.807) is 40.8 Å². The number of hydrogen-bond donors (Lipinski definition) is 3. The van der Waals surface area contributed by atoms with Crippen molar-refractivity contribution in [3.8, 4) is 0 Å². The molecule has 186 valence electrons. The normalized spacial score (nSPS) is 11.6. The quantitative estimate of drug-likeness (QED) is 0.503. The average Bonchev–Trinajstić information content (AvgIpc) is 2.66. The lowest BCUT2D eigenvalue weighted by Gasteiger charge is -2.24. The first-order chi connectivity index (χ1) is 15.6. The number of halogens is 4. The highest BCUT2D eigenvalue weighted by molar-refractivity contribution is 5.98. The van der Waals surface area contributed by atoms with Gasteiger partial charge in [0, 0.05) is 37.6 Å². The summed E-state index contributed by atoms with van der Waals surface area (Å²) in [6, 6.07) is 2.78. The number of carbonyl (C=O) groups excluding carboxylic acids is 2. The highest BCUT2D eigenvalue weighted by Crippen LogP contribution is 2.33. The van der Waals surface area contributed by atoms with E-state index in [2.05, 4.69) is 25.9 Å². The largest absolute Gasteiger partial charge is 0.444 e. The maximum absolute atomic E-state index is 13.4. The van der Waals surface area contributed by atoms with Crippen LogP contribution in [0, 0.1) is 12.7 Å². The molecule has 0 aliphatic heterocycles. The summed E-state index contributed by atoms with van der Waals surface area (Å²) in [5.74, 6) is -1.21. The second kappa shape index (κ2) is 10.5. The number of benzene rings is 1. The Morgan fingerprint density at radius 1 is 1.09 bits per heavy atom. The molecule has 9 nitrogen and oxygen atoms in total. The van der Waals surface area contributed by atoms with E-state index in [9.17, 15) is 27.2 Å². The molecule has 0 fully saturated rings. The molecule has 13 heteroatoms. The molecule has 0 atom stereocenters. The number of rotatable bonds is 6. The number of carbonyl (C=O) groups is 2. The number of anilines is 3. The summed E-state index contributed by atoms with van der Waals surface area (Å²) < 4.78 is 57.2. The van der Waals surface area contributed by atoms with Gasteiger partial charge >= 0.3 is 18.3 Å². The molecule has 0 spiro atoms. The Bertz CT molecular complexity index is 1040. The van der Waals surface area contributed by atoms with Crippen molar-refractivity contribution in [2.45, 2.75) is 39.5 Å². The number of amides is 3. The molecule has 0 aliphatic carbocycles. The number of nitrogens with zero attached hydrogens (tertiary/aromatic N) is 3. The Hall–Kier alpha value is -3.64. The third kappa shape index (κ3) is 8.37. The zero-order valence-corrected chi connectivity index (χ0v) is 19.3. The molecule has 1 heterocycles. The van der Waals surface area contributed by atoms with Crippen molar-refractivity contribution in [2.75, 3.05) is 36.1 Å². The predicted molar refractivity (Wildman–Crippen MR) is 118 cm³/mol. The van der Waals surface area contributed by atoms with Crippen LogP contribution in [0.25, 0.3) is 0 Å². The first kappa shape index (κ1) is 26.6. The number of urea groups is 1. The van der Waals surface area contributed by atoms with Crippen molar-refractivity contribution in [3.63, 3.8) is 0 Å². The van der Waals surface area contributed by atoms with Crippen LogP contribution in [0.1, 0.15) is 32.0 Å². The van der Waals surface area contributed by atoms with Gasteiger partial charge in [-0.2, -0.15) is 18.2 Å². The van der Waals surface area contributed by atoms with Crippen LogP contribution in [-0.4, -0.2) is 52.7 Å². The second-order valence-corrected chi connectivity index (χ2v) is 8.32. The number of aryl methyl sites for hydroxylation is 1. The first-order valence-corrected chi connectivity index (χ1v) is 10.1. The van der Waals surface area contributed by atoms with Gasteiger partial charge in [-0.1, -0.05) is 0 Å². The number of ether oxygens (including phenoxy) is 1. The molecular weight excluding hydrogens is 460 g/mol. The molecule has 1 aromatic carbocycles. The van der Waals surface area contributed by atoms with Crippen molar-refractivity contribution in [3.05, 3.63) is 41.3 Å². The molecule has 3 amide bonds. The fraction of sp³-hybridized carbons (Fsp3) is 0.429. The van der Waals surface area contributed by atoms with Crippen molar-refractivity contribution < 1.29 is 31.9 Å². The topological polar surface area (TPSA) is 108 Å². The summed E-state index contributed by atoms with van der Waals surface area (Å²) in [7, 11) is 1.58. The monoisotopic (exact) mass is 486 g/mol. The van der Waals surface area contributed by atoms with Gasteiger partial charge in [0.25, 0.3) is 0 Å². The molecule has 0 bridgehead atoms. The van der Waals surface area contributed by atoms with E-state index in [1.807, 2.05) is 0 Å². The Morgan fingerprint density at radius 2 is 1.76 bits per heavy atom. The average molecular weight is 486 g/mol.